The highest BCUT2D eigenvalue weighted by Crippen LogP contribution is 2.30. The quantitative estimate of drug-likeness (QED) is 0.0383. The zero-order valence-corrected chi connectivity index (χ0v) is 85.7. The Morgan fingerprint density at radius 3 is 1.16 bits per heavy atom. The molecule has 0 radical (unpaired) electrons. The van der Waals surface area contributed by atoms with Crippen LogP contribution in [-0.4, -0.2) is 306 Å². The summed E-state index contributed by atoms with van der Waals surface area (Å²) in [5, 5.41) is 34.4. The summed E-state index contributed by atoms with van der Waals surface area (Å²) < 4.78 is 10.7. The monoisotopic (exact) mass is 1900 g/mol. The summed E-state index contributed by atoms with van der Waals surface area (Å²) in [6.07, 6.45) is 12.0. The van der Waals surface area contributed by atoms with Crippen molar-refractivity contribution in [2.45, 2.75) is 331 Å². The summed E-state index contributed by atoms with van der Waals surface area (Å²) in [6, 6.07) is -1.71. The van der Waals surface area contributed by atoms with Gasteiger partial charge in [0, 0.05) is 206 Å². The van der Waals surface area contributed by atoms with E-state index in [0.29, 0.717) is 194 Å². The molecule has 3 heterocycles. The number of carbonyl (C=O) groups is 20. The van der Waals surface area contributed by atoms with E-state index >= 15 is 0 Å². The van der Waals surface area contributed by atoms with E-state index in [1.165, 1.54) is 52.1 Å². The van der Waals surface area contributed by atoms with Crippen molar-refractivity contribution in [1.82, 2.24) is 88.7 Å². The van der Waals surface area contributed by atoms with E-state index in [2.05, 4.69) is 69.1 Å². The van der Waals surface area contributed by atoms with Gasteiger partial charge in [-0.05, 0) is 172 Å². The van der Waals surface area contributed by atoms with E-state index in [9.17, 15) is 95.9 Å². The second-order valence-electron chi connectivity index (χ2n) is 39.2. The molecule has 1 unspecified atom stereocenters. The molecule has 16 amide bonds. The number of Topliss-reactive ketones (excluding diaryl/α,β-unsaturated/α-hetero) is 4. The molecule has 0 aliphatic carbocycles. The first-order valence-electron chi connectivity index (χ1n) is 47.5. The number of likely N-dealkylation sites (N-methyl/N-ethyl adjacent to an activating group) is 5. The number of likely N-dealkylation sites (tertiary alicyclic amines) is 3. The van der Waals surface area contributed by atoms with Crippen molar-refractivity contribution in [3.63, 3.8) is 0 Å². The fraction of sp³-hybridized carbons (Fsp3) is 0.789. The van der Waals surface area contributed by atoms with Crippen molar-refractivity contribution >= 4 is 118 Å². The number of nitrogens with zero attached hydrogens (tertiary/aromatic N) is 4. The molecule has 3 fully saturated rings. The van der Waals surface area contributed by atoms with Crippen LogP contribution in [0, 0.1) is 29.1 Å². The van der Waals surface area contributed by atoms with Crippen molar-refractivity contribution in [1.29, 1.82) is 0 Å². The number of carbonyl (C=O) groups excluding carboxylic acids is 20. The summed E-state index contributed by atoms with van der Waals surface area (Å²) in [7, 11) is 12.1. The summed E-state index contributed by atoms with van der Waals surface area (Å²) in [5.74, 6) is -4.01. The molecule has 13 N–H and O–H groups in total. The minimum atomic E-state index is -0.647. The van der Waals surface area contributed by atoms with Crippen LogP contribution in [0.5, 0.6) is 0 Å². The van der Waals surface area contributed by atoms with Crippen molar-refractivity contribution in [3.05, 3.63) is 0 Å². The molecule has 134 heavy (non-hydrogen) atoms. The average molecular weight is 1900 g/mol. The number of piperidine rings is 2. The Hall–Kier alpha value is -9.92. The lowest BCUT2D eigenvalue weighted by molar-refractivity contribution is -0.145. The number of rotatable bonds is 49. The SMILES string of the molecule is CCC(=O)[C@@H]1CC[C@H](C(=O)NC)N(C(=O)CCCCC(=O)NC(C)(C)C)C1.CCC(=O)[C@H]1CN(C(=O)CCCCC(=O)NC(C)(C)C)CC[C@H]1C(=O)NC.CNC(=O)C1CC[C@@H](C(=O)NC)N1C(=O)CCCCC(=O)CC(C)(C)C.CNC(=O)CN(CC(=O)NC)CC(=O)NCCOCCOCCC(=O)NC(C)(C)C.CNC(=O)C[C@H](CC(=O)CCCCC(=O)NC(C)(C)C)C(=O)NC. The largest absolute Gasteiger partial charge is 0.379 e. The number of hydrogen-bond acceptors (Lipinski definition) is 23. The third kappa shape index (κ3) is 59.1. The first-order valence-corrected chi connectivity index (χ1v) is 47.5. The van der Waals surface area contributed by atoms with Gasteiger partial charge in [-0.2, -0.15) is 0 Å². The van der Waals surface area contributed by atoms with Crippen molar-refractivity contribution < 1.29 is 105 Å². The Kier molecular flexibility index (Phi) is 62.6. The zero-order valence-electron chi connectivity index (χ0n) is 85.7. The van der Waals surface area contributed by atoms with Gasteiger partial charge < -0.3 is 93.3 Å². The summed E-state index contributed by atoms with van der Waals surface area (Å²) >= 11 is 0. The third-order valence-corrected chi connectivity index (χ3v) is 21.3. The first-order chi connectivity index (χ1) is 62.4. The van der Waals surface area contributed by atoms with Gasteiger partial charge in [0.25, 0.3) is 0 Å². The topological polar surface area (TPSA) is 529 Å². The third-order valence-electron chi connectivity index (χ3n) is 21.3. The van der Waals surface area contributed by atoms with Crippen LogP contribution in [0.4, 0.5) is 0 Å². The highest BCUT2D eigenvalue weighted by atomic mass is 16.5. The van der Waals surface area contributed by atoms with E-state index in [1.807, 2.05) is 111 Å². The molecule has 3 aliphatic rings. The zero-order chi connectivity index (χ0) is 103. The van der Waals surface area contributed by atoms with Gasteiger partial charge in [-0.15, -0.1) is 0 Å². The Balaban J connectivity index is 0. The van der Waals surface area contributed by atoms with Crippen LogP contribution in [-0.2, 0) is 105 Å². The van der Waals surface area contributed by atoms with Crippen LogP contribution in [0.3, 0.4) is 0 Å². The molecular weight excluding hydrogens is 1730 g/mol. The maximum atomic E-state index is 12.7. The molecule has 0 saturated carbocycles. The van der Waals surface area contributed by atoms with Crippen LogP contribution >= 0.6 is 0 Å². The Bertz CT molecular complexity index is 3710. The van der Waals surface area contributed by atoms with Crippen LogP contribution < -0.4 is 69.1 Å². The second-order valence-corrected chi connectivity index (χ2v) is 39.2. The fourth-order valence-electron chi connectivity index (χ4n) is 14.8. The van der Waals surface area contributed by atoms with Gasteiger partial charge in [0.1, 0.15) is 41.3 Å². The second kappa shape index (κ2) is 66.5. The Morgan fingerprint density at radius 1 is 0.351 bits per heavy atom. The Morgan fingerprint density at radius 2 is 0.739 bits per heavy atom. The molecule has 768 valence electrons. The number of ketones is 4. The minimum absolute atomic E-state index is 0.00407. The van der Waals surface area contributed by atoms with Crippen LogP contribution in [0.15, 0.2) is 0 Å². The summed E-state index contributed by atoms with van der Waals surface area (Å²) in [4.78, 5) is 246. The maximum Gasteiger partial charge on any atom is 0.242 e. The van der Waals surface area contributed by atoms with E-state index < -0.39 is 30.0 Å². The van der Waals surface area contributed by atoms with Crippen LogP contribution in [0.25, 0.3) is 0 Å². The van der Waals surface area contributed by atoms with Crippen LogP contribution in [0.2, 0.25) is 0 Å². The number of unbranched alkanes of at least 4 members (excludes halogenated alkanes) is 4. The number of ether oxygens (including phenoxy) is 2. The van der Waals surface area contributed by atoms with Crippen molar-refractivity contribution in [2.24, 2.45) is 29.1 Å². The smallest absolute Gasteiger partial charge is 0.242 e. The molecule has 0 aromatic rings. The van der Waals surface area contributed by atoms with Crippen molar-refractivity contribution in [2.75, 3.05) is 129 Å². The number of hydrogen-bond donors (Lipinski definition) is 13. The van der Waals surface area contributed by atoms with Gasteiger partial charge in [-0.25, -0.2) is 0 Å². The fourth-order valence-corrected chi connectivity index (χ4v) is 14.8. The van der Waals surface area contributed by atoms with E-state index in [-0.39, 0.29) is 209 Å². The molecule has 0 aromatic heterocycles. The van der Waals surface area contributed by atoms with Crippen molar-refractivity contribution in [3.8, 4) is 0 Å². The predicted octanol–water partition coefficient (Wildman–Crippen LogP) is 4.00. The molecule has 0 aromatic carbocycles. The molecule has 39 nitrogen and oxygen atoms in total. The Labute approximate surface area is 797 Å². The average Bonchev–Trinajstić information content (AvgIpc) is 1.44. The lowest BCUT2D eigenvalue weighted by Gasteiger charge is -2.38. The molecule has 3 saturated heterocycles. The van der Waals surface area contributed by atoms with Gasteiger partial charge in [0.15, 0.2) is 0 Å². The first kappa shape index (κ1) is 126. The van der Waals surface area contributed by atoms with Gasteiger partial charge in [-0.1, -0.05) is 34.6 Å². The molecule has 0 spiro atoms. The molecule has 3 aliphatic heterocycles. The highest BCUT2D eigenvalue weighted by molar-refractivity contribution is 5.95. The molecule has 3 rings (SSSR count). The van der Waals surface area contributed by atoms with Gasteiger partial charge in [0.05, 0.1) is 57.9 Å². The van der Waals surface area contributed by atoms with E-state index in [4.69, 9.17) is 9.47 Å². The normalized spacial score (nSPS) is 16.7. The van der Waals surface area contributed by atoms with E-state index in [0.717, 1.165) is 0 Å². The molecule has 0 bridgehead atoms. The predicted molar refractivity (Wildman–Crippen MR) is 511 cm³/mol. The van der Waals surface area contributed by atoms with Gasteiger partial charge >= 0.3 is 0 Å². The molecular formula is C95H171N17O22. The summed E-state index contributed by atoms with van der Waals surface area (Å²) in [5.41, 5.74) is -1.05. The number of nitrogens with one attached hydrogen (secondary N) is 13. The van der Waals surface area contributed by atoms with Crippen LogP contribution in [0.1, 0.15) is 291 Å². The minimum Gasteiger partial charge on any atom is -0.379 e. The maximum absolute atomic E-state index is 12.7. The van der Waals surface area contributed by atoms with Gasteiger partial charge in [0.2, 0.25) is 94.5 Å². The number of amides is 16. The standard InChI is InChI=1S/2C20H35N3O4.C19H37N5O6.C19H33N3O4.C17H31N3O4/c1-6-16(24)15-13-23(12-11-14(15)19(27)21-5)18(26)10-8-7-9-17(25)22-20(2,3)4;1-6-16(24)14-11-12-15(19(27)21-5)23(13-14)18(26)10-8-7-9-17(25)22-20(2,3)4;1-19(2,3)23-15(25)6-8-29-10-11-30-9-7-22-18(28)14-24(12-16(26)20-4)13-17(27)21-5;1-19(2,3)12-13(23)8-6-7-9-16(24)22-14(17(25)20-4)10-11-15(22)18(26)21-5;1-17(2,3)20-14(22)9-7-6-8-13(21)10-12(16(24)19-5)11-15(23)18-4/h2*14-15H,6-13H2,1-5H3,(H,21,27)(H,22,25);6-14H2,1-5H3,(H,20,26)(H,21,27)(H,22,28)(H,23,25);14-15H,6-12H2,1-5H3,(H,20,25)(H,21,26);12H,6-11H2,1-5H3,(H,18,23)(H,19,24)(H,20,22)/t14-,15+;14-,15-;;14-,15?;12-/m11.00/s1. The highest BCUT2D eigenvalue weighted by Gasteiger charge is 2.44. The molecule has 39 heteroatoms. The molecule has 7 atom stereocenters. The van der Waals surface area contributed by atoms with E-state index in [1.54, 1.807) is 30.8 Å². The lowest BCUT2D eigenvalue weighted by Crippen LogP contribution is -2.54. The lowest BCUT2D eigenvalue weighted by atomic mass is 9.81. The van der Waals surface area contributed by atoms with Gasteiger partial charge in [-0.3, -0.25) is 101 Å². The summed E-state index contributed by atoms with van der Waals surface area (Å²) in [6.45, 7) is 35.3.